The molecule has 5 heteroatoms. The second-order valence-electron chi connectivity index (χ2n) is 5.41. The van der Waals surface area contributed by atoms with Crippen molar-refractivity contribution in [1.82, 2.24) is 5.32 Å². The van der Waals surface area contributed by atoms with Gasteiger partial charge in [-0.1, -0.05) is 26.7 Å². The van der Waals surface area contributed by atoms with Crippen LogP contribution in [0.25, 0.3) is 0 Å². The van der Waals surface area contributed by atoms with Crippen LogP contribution in [0.5, 0.6) is 0 Å². The Morgan fingerprint density at radius 3 is 2.28 bits per heavy atom. The molecule has 1 aliphatic carbocycles. The van der Waals surface area contributed by atoms with Crippen LogP contribution in [0.3, 0.4) is 0 Å². The Kier molecular flexibility index (Phi) is 5.14. The summed E-state index contributed by atoms with van der Waals surface area (Å²) in [5.74, 6) is -0.507. The van der Waals surface area contributed by atoms with Gasteiger partial charge in [0.15, 0.2) is 0 Å². The molecule has 1 rings (SSSR count). The number of carbonyl (C=O) groups excluding carboxylic acids is 2. The molecule has 1 atom stereocenters. The molecule has 18 heavy (non-hydrogen) atoms. The Labute approximate surface area is 108 Å². The first kappa shape index (κ1) is 15.0. The van der Waals surface area contributed by atoms with Crippen LogP contribution in [0.4, 0.5) is 0 Å². The smallest absolute Gasteiger partial charge is 0.328 e. The van der Waals surface area contributed by atoms with Crippen molar-refractivity contribution in [1.29, 1.82) is 0 Å². The molecule has 3 N–H and O–H groups in total. The number of esters is 1. The molecular weight excluding hydrogens is 232 g/mol. The van der Waals surface area contributed by atoms with E-state index in [4.69, 9.17) is 10.5 Å². The van der Waals surface area contributed by atoms with E-state index in [2.05, 4.69) is 5.32 Å². The zero-order valence-corrected chi connectivity index (χ0v) is 11.5. The molecule has 0 aromatic heterocycles. The SMILES string of the molecule is COC(=O)C(NC(=O)C1(CN)CCCC1)C(C)C. The van der Waals surface area contributed by atoms with Gasteiger partial charge in [0, 0.05) is 6.54 Å². The van der Waals surface area contributed by atoms with E-state index in [-0.39, 0.29) is 11.8 Å². The lowest BCUT2D eigenvalue weighted by Crippen LogP contribution is -2.52. The molecule has 0 spiro atoms. The Morgan fingerprint density at radius 1 is 1.33 bits per heavy atom. The highest BCUT2D eigenvalue weighted by Crippen LogP contribution is 2.37. The number of nitrogens with one attached hydrogen (secondary N) is 1. The number of hydrogen-bond acceptors (Lipinski definition) is 4. The molecular formula is C13H24N2O3. The maximum absolute atomic E-state index is 12.3. The molecule has 0 bridgehead atoms. The third kappa shape index (κ3) is 3.02. The van der Waals surface area contributed by atoms with Crippen molar-refractivity contribution < 1.29 is 14.3 Å². The van der Waals surface area contributed by atoms with Gasteiger partial charge in [0.1, 0.15) is 6.04 Å². The van der Waals surface area contributed by atoms with Crippen molar-refractivity contribution in [3.05, 3.63) is 0 Å². The molecule has 1 aliphatic rings. The zero-order valence-electron chi connectivity index (χ0n) is 11.5. The first-order valence-corrected chi connectivity index (χ1v) is 6.55. The minimum absolute atomic E-state index is 0.00220. The van der Waals surface area contributed by atoms with Crippen molar-refractivity contribution in [2.45, 2.75) is 45.6 Å². The molecule has 5 nitrogen and oxygen atoms in total. The fourth-order valence-corrected chi connectivity index (χ4v) is 2.49. The maximum atomic E-state index is 12.3. The lowest BCUT2D eigenvalue weighted by molar-refractivity contribution is -0.147. The van der Waals surface area contributed by atoms with Crippen LogP contribution in [-0.4, -0.2) is 31.6 Å². The molecule has 0 heterocycles. The van der Waals surface area contributed by atoms with Gasteiger partial charge >= 0.3 is 5.97 Å². The summed E-state index contributed by atoms with van der Waals surface area (Å²) in [6.45, 7) is 4.10. The second-order valence-corrected chi connectivity index (χ2v) is 5.41. The van der Waals surface area contributed by atoms with E-state index < -0.39 is 17.4 Å². The summed E-state index contributed by atoms with van der Waals surface area (Å²) in [6.07, 6.45) is 3.66. The number of nitrogens with two attached hydrogens (primary N) is 1. The predicted octanol–water partition coefficient (Wildman–Crippen LogP) is 0.819. The minimum Gasteiger partial charge on any atom is -0.467 e. The highest BCUT2D eigenvalue weighted by atomic mass is 16.5. The van der Waals surface area contributed by atoms with Crippen molar-refractivity contribution in [3.8, 4) is 0 Å². The highest BCUT2D eigenvalue weighted by Gasteiger charge is 2.41. The number of ether oxygens (including phenoxy) is 1. The van der Waals surface area contributed by atoms with Crippen molar-refractivity contribution in [2.75, 3.05) is 13.7 Å². The van der Waals surface area contributed by atoms with Crippen LogP contribution in [-0.2, 0) is 14.3 Å². The molecule has 0 radical (unpaired) electrons. The van der Waals surface area contributed by atoms with Crippen LogP contribution >= 0.6 is 0 Å². The number of amides is 1. The van der Waals surface area contributed by atoms with Gasteiger partial charge in [0.25, 0.3) is 0 Å². The maximum Gasteiger partial charge on any atom is 0.328 e. The number of carbonyl (C=O) groups is 2. The van der Waals surface area contributed by atoms with Crippen molar-refractivity contribution >= 4 is 11.9 Å². The lowest BCUT2D eigenvalue weighted by Gasteiger charge is -2.29. The minimum atomic E-state index is -0.591. The molecule has 1 amide bonds. The summed E-state index contributed by atoms with van der Waals surface area (Å²) in [6, 6.07) is -0.591. The van der Waals surface area contributed by atoms with Crippen LogP contribution in [0.2, 0.25) is 0 Å². The highest BCUT2D eigenvalue weighted by molar-refractivity contribution is 5.88. The van der Waals surface area contributed by atoms with E-state index in [0.717, 1.165) is 25.7 Å². The lowest BCUT2D eigenvalue weighted by atomic mass is 9.84. The average Bonchev–Trinajstić information content (AvgIpc) is 2.84. The first-order valence-electron chi connectivity index (χ1n) is 6.55. The molecule has 0 aromatic rings. The number of rotatable bonds is 5. The number of methoxy groups -OCH3 is 1. The molecule has 1 fully saturated rings. The van der Waals surface area contributed by atoms with Crippen LogP contribution in [0.15, 0.2) is 0 Å². The van der Waals surface area contributed by atoms with Crippen LogP contribution < -0.4 is 11.1 Å². The van der Waals surface area contributed by atoms with Gasteiger partial charge in [-0.15, -0.1) is 0 Å². The second kappa shape index (κ2) is 6.18. The standard InChI is InChI=1S/C13H24N2O3/c1-9(2)10(11(16)18-3)15-12(17)13(8-14)6-4-5-7-13/h9-10H,4-8,14H2,1-3H3,(H,15,17). The van der Waals surface area contributed by atoms with Gasteiger partial charge in [-0.3, -0.25) is 4.79 Å². The van der Waals surface area contributed by atoms with Gasteiger partial charge in [0.05, 0.1) is 12.5 Å². The van der Waals surface area contributed by atoms with Gasteiger partial charge in [0.2, 0.25) is 5.91 Å². The quantitative estimate of drug-likeness (QED) is 0.714. The fraction of sp³-hybridized carbons (Fsp3) is 0.846. The van der Waals surface area contributed by atoms with Gasteiger partial charge in [-0.2, -0.15) is 0 Å². The van der Waals surface area contributed by atoms with E-state index in [1.165, 1.54) is 7.11 Å². The Hall–Kier alpha value is -1.10. The van der Waals surface area contributed by atoms with E-state index in [9.17, 15) is 9.59 Å². The van der Waals surface area contributed by atoms with E-state index >= 15 is 0 Å². The molecule has 0 saturated heterocycles. The normalized spacial score (nSPS) is 19.6. The zero-order chi connectivity index (χ0) is 13.8. The summed E-state index contributed by atoms with van der Waals surface area (Å²) in [5.41, 5.74) is 5.27. The van der Waals surface area contributed by atoms with Crippen LogP contribution in [0, 0.1) is 11.3 Å². The third-order valence-electron chi connectivity index (χ3n) is 3.84. The number of hydrogen-bond donors (Lipinski definition) is 2. The Morgan fingerprint density at radius 2 is 1.89 bits per heavy atom. The third-order valence-corrected chi connectivity index (χ3v) is 3.84. The monoisotopic (exact) mass is 256 g/mol. The summed E-state index contributed by atoms with van der Waals surface area (Å²) in [4.78, 5) is 24.0. The molecule has 0 aromatic carbocycles. The van der Waals surface area contributed by atoms with Gasteiger partial charge in [-0.05, 0) is 18.8 Å². The van der Waals surface area contributed by atoms with Gasteiger partial charge < -0.3 is 15.8 Å². The van der Waals surface area contributed by atoms with E-state index in [1.54, 1.807) is 0 Å². The Balaban J connectivity index is 2.74. The summed E-state index contributed by atoms with van der Waals surface area (Å²) in [7, 11) is 1.33. The van der Waals surface area contributed by atoms with Crippen molar-refractivity contribution in [3.63, 3.8) is 0 Å². The molecule has 0 aliphatic heterocycles. The summed E-state index contributed by atoms with van der Waals surface area (Å²) in [5, 5.41) is 2.81. The van der Waals surface area contributed by atoms with Crippen molar-refractivity contribution in [2.24, 2.45) is 17.1 Å². The Bertz CT molecular complexity index is 309. The van der Waals surface area contributed by atoms with Crippen LogP contribution in [0.1, 0.15) is 39.5 Å². The summed E-state index contributed by atoms with van der Waals surface area (Å²) < 4.78 is 4.72. The molecule has 1 saturated carbocycles. The van der Waals surface area contributed by atoms with E-state index in [1.807, 2.05) is 13.8 Å². The predicted molar refractivity (Wildman–Crippen MR) is 68.7 cm³/mol. The molecule has 1 unspecified atom stereocenters. The molecule has 104 valence electrons. The van der Waals surface area contributed by atoms with E-state index in [0.29, 0.717) is 6.54 Å². The largest absolute Gasteiger partial charge is 0.467 e. The van der Waals surface area contributed by atoms with Gasteiger partial charge in [-0.25, -0.2) is 4.79 Å². The average molecular weight is 256 g/mol. The topological polar surface area (TPSA) is 81.4 Å². The first-order chi connectivity index (χ1) is 8.46. The fourth-order valence-electron chi connectivity index (χ4n) is 2.49. The summed E-state index contributed by atoms with van der Waals surface area (Å²) >= 11 is 0.